The third kappa shape index (κ3) is 4.65. The molecule has 0 atom stereocenters. The van der Waals surface area contributed by atoms with Crippen LogP contribution < -0.4 is 14.8 Å². The van der Waals surface area contributed by atoms with Crippen LogP contribution in [0.3, 0.4) is 0 Å². The van der Waals surface area contributed by atoms with Crippen molar-refractivity contribution in [2.24, 2.45) is 0 Å². The van der Waals surface area contributed by atoms with Crippen LogP contribution in [0.2, 0.25) is 0 Å². The summed E-state index contributed by atoms with van der Waals surface area (Å²) in [5.41, 5.74) is 2.18. The summed E-state index contributed by atoms with van der Waals surface area (Å²) < 4.78 is 13.2. The highest BCUT2D eigenvalue weighted by atomic mass is 79.9. The Hall–Kier alpha value is -1.20. The molecule has 0 spiro atoms. The Morgan fingerprint density at radius 3 is 2.36 bits per heavy atom. The normalized spacial score (nSPS) is 10.6. The first-order valence-electron chi connectivity index (χ1n) is 7.02. The van der Waals surface area contributed by atoms with Gasteiger partial charge in [0.05, 0.1) is 17.7 Å². The lowest BCUT2D eigenvalue weighted by Gasteiger charge is -2.17. The Morgan fingerprint density at radius 1 is 1.09 bits per heavy atom. The van der Waals surface area contributed by atoms with Crippen molar-refractivity contribution in [3.63, 3.8) is 0 Å². The Bertz CT molecular complexity index is 627. The summed E-state index contributed by atoms with van der Waals surface area (Å²) in [6.45, 7) is 4.70. The van der Waals surface area contributed by atoms with Crippen LogP contribution in [0, 0.1) is 0 Å². The molecule has 0 saturated heterocycles. The van der Waals surface area contributed by atoms with E-state index >= 15 is 0 Å². The molecule has 0 radical (unpaired) electrons. The molecular formula is C17H19Br2NO2. The number of methoxy groups -OCH3 is 1. The number of rotatable bonds is 6. The SMILES string of the molecule is COc1cc(CNc2ccc(Br)cc2)cc(Br)c1OC(C)C. The smallest absolute Gasteiger partial charge is 0.175 e. The first kappa shape index (κ1) is 17.2. The zero-order chi connectivity index (χ0) is 16.1. The number of ether oxygens (including phenoxy) is 2. The van der Waals surface area contributed by atoms with E-state index in [9.17, 15) is 0 Å². The van der Waals surface area contributed by atoms with E-state index in [4.69, 9.17) is 9.47 Å². The van der Waals surface area contributed by atoms with Gasteiger partial charge in [0.1, 0.15) is 0 Å². The molecule has 2 rings (SSSR count). The zero-order valence-corrected chi connectivity index (χ0v) is 16.0. The second kappa shape index (κ2) is 7.88. The second-order valence-corrected chi connectivity index (χ2v) is 6.91. The van der Waals surface area contributed by atoms with Crippen LogP contribution in [-0.2, 0) is 6.54 Å². The Kier molecular flexibility index (Phi) is 6.15. The minimum Gasteiger partial charge on any atom is -0.493 e. The molecule has 2 aromatic carbocycles. The molecule has 2 aromatic rings. The molecule has 0 heterocycles. The van der Waals surface area contributed by atoms with Crippen molar-refractivity contribution in [3.05, 3.63) is 50.9 Å². The fourth-order valence-electron chi connectivity index (χ4n) is 2.00. The minimum atomic E-state index is 0.0944. The molecule has 3 nitrogen and oxygen atoms in total. The first-order chi connectivity index (χ1) is 10.5. The standard InChI is InChI=1S/C17H19Br2NO2/c1-11(2)22-17-15(19)8-12(9-16(17)21-3)10-20-14-6-4-13(18)5-7-14/h4-9,11,20H,10H2,1-3H3. The number of nitrogens with one attached hydrogen (secondary N) is 1. The van der Waals surface area contributed by atoms with E-state index in [1.807, 2.05) is 50.2 Å². The lowest BCUT2D eigenvalue weighted by atomic mass is 10.2. The monoisotopic (exact) mass is 427 g/mol. The maximum atomic E-state index is 5.80. The van der Waals surface area contributed by atoms with Crippen molar-refractivity contribution in [2.45, 2.75) is 26.5 Å². The number of hydrogen-bond acceptors (Lipinski definition) is 3. The van der Waals surface area contributed by atoms with E-state index < -0.39 is 0 Å². The molecule has 0 fully saturated rings. The predicted molar refractivity (Wildman–Crippen MR) is 97.9 cm³/mol. The molecule has 1 N–H and O–H groups in total. The second-order valence-electron chi connectivity index (χ2n) is 5.14. The van der Waals surface area contributed by atoms with Crippen LogP contribution >= 0.6 is 31.9 Å². The van der Waals surface area contributed by atoms with E-state index in [1.54, 1.807) is 7.11 Å². The van der Waals surface area contributed by atoms with E-state index in [2.05, 4.69) is 37.2 Å². The van der Waals surface area contributed by atoms with E-state index in [1.165, 1.54) is 0 Å². The largest absolute Gasteiger partial charge is 0.493 e. The quantitative estimate of drug-likeness (QED) is 0.647. The van der Waals surface area contributed by atoms with Crippen molar-refractivity contribution >= 4 is 37.5 Å². The molecule has 0 aromatic heterocycles. The Morgan fingerprint density at radius 2 is 1.77 bits per heavy atom. The molecule has 0 unspecified atom stereocenters. The van der Waals surface area contributed by atoms with Gasteiger partial charge in [-0.3, -0.25) is 0 Å². The molecular weight excluding hydrogens is 410 g/mol. The van der Waals surface area contributed by atoms with Crippen LogP contribution in [-0.4, -0.2) is 13.2 Å². The maximum absolute atomic E-state index is 5.80. The highest BCUT2D eigenvalue weighted by Gasteiger charge is 2.13. The molecule has 0 aliphatic rings. The summed E-state index contributed by atoms with van der Waals surface area (Å²) in [4.78, 5) is 0. The number of benzene rings is 2. The summed E-state index contributed by atoms with van der Waals surface area (Å²) in [7, 11) is 1.65. The van der Waals surface area contributed by atoms with Gasteiger partial charge >= 0.3 is 0 Å². The van der Waals surface area contributed by atoms with Crippen molar-refractivity contribution in [1.82, 2.24) is 0 Å². The minimum absolute atomic E-state index is 0.0944. The van der Waals surface area contributed by atoms with Gasteiger partial charge in [-0.05, 0) is 71.7 Å². The molecule has 0 bridgehead atoms. The van der Waals surface area contributed by atoms with Crippen molar-refractivity contribution in [3.8, 4) is 11.5 Å². The van der Waals surface area contributed by atoms with Gasteiger partial charge in [-0.2, -0.15) is 0 Å². The number of halogens is 2. The van der Waals surface area contributed by atoms with Gasteiger partial charge in [0, 0.05) is 16.7 Å². The third-order valence-electron chi connectivity index (χ3n) is 2.98. The molecule has 0 aliphatic carbocycles. The topological polar surface area (TPSA) is 30.5 Å². The zero-order valence-electron chi connectivity index (χ0n) is 12.8. The Balaban J connectivity index is 2.14. The van der Waals surface area contributed by atoms with Crippen LogP contribution in [0.15, 0.2) is 45.3 Å². The van der Waals surface area contributed by atoms with Gasteiger partial charge in [0.2, 0.25) is 0 Å². The fraction of sp³-hybridized carbons (Fsp3) is 0.294. The molecule has 22 heavy (non-hydrogen) atoms. The highest BCUT2D eigenvalue weighted by molar-refractivity contribution is 9.10. The van der Waals surface area contributed by atoms with E-state index in [-0.39, 0.29) is 6.10 Å². The highest BCUT2D eigenvalue weighted by Crippen LogP contribution is 2.37. The first-order valence-corrected chi connectivity index (χ1v) is 8.60. The van der Waals surface area contributed by atoms with Gasteiger partial charge in [-0.15, -0.1) is 0 Å². The van der Waals surface area contributed by atoms with E-state index in [0.717, 1.165) is 31.7 Å². The summed E-state index contributed by atoms with van der Waals surface area (Å²) in [5.74, 6) is 1.47. The lowest BCUT2D eigenvalue weighted by molar-refractivity contribution is 0.228. The summed E-state index contributed by atoms with van der Waals surface area (Å²) >= 11 is 7.00. The molecule has 0 aliphatic heterocycles. The van der Waals surface area contributed by atoms with Crippen molar-refractivity contribution < 1.29 is 9.47 Å². The van der Waals surface area contributed by atoms with Crippen LogP contribution in [0.5, 0.6) is 11.5 Å². The van der Waals surface area contributed by atoms with Crippen LogP contribution in [0.4, 0.5) is 5.69 Å². The summed E-state index contributed by atoms with van der Waals surface area (Å²) in [5, 5.41) is 3.39. The summed E-state index contributed by atoms with van der Waals surface area (Å²) in [6.07, 6.45) is 0.0944. The summed E-state index contributed by atoms with van der Waals surface area (Å²) in [6, 6.07) is 12.1. The molecule has 5 heteroatoms. The van der Waals surface area contributed by atoms with Gasteiger partial charge in [-0.25, -0.2) is 0 Å². The number of hydrogen-bond donors (Lipinski definition) is 1. The van der Waals surface area contributed by atoms with E-state index in [0.29, 0.717) is 6.54 Å². The van der Waals surface area contributed by atoms with Crippen LogP contribution in [0.1, 0.15) is 19.4 Å². The molecule has 0 amide bonds. The average Bonchev–Trinajstić information content (AvgIpc) is 2.48. The van der Waals surface area contributed by atoms with Gasteiger partial charge in [-0.1, -0.05) is 15.9 Å². The van der Waals surface area contributed by atoms with Gasteiger partial charge in [0.15, 0.2) is 11.5 Å². The van der Waals surface area contributed by atoms with Crippen LogP contribution in [0.25, 0.3) is 0 Å². The van der Waals surface area contributed by atoms with Crippen molar-refractivity contribution in [1.29, 1.82) is 0 Å². The average molecular weight is 429 g/mol. The number of anilines is 1. The molecule has 118 valence electrons. The molecule has 0 saturated carbocycles. The van der Waals surface area contributed by atoms with Crippen molar-refractivity contribution in [2.75, 3.05) is 12.4 Å². The van der Waals surface area contributed by atoms with Gasteiger partial charge in [0.25, 0.3) is 0 Å². The fourth-order valence-corrected chi connectivity index (χ4v) is 2.84. The third-order valence-corrected chi connectivity index (χ3v) is 4.10. The predicted octanol–water partition coefficient (Wildman–Crippen LogP) is 5.62. The Labute approximate surface area is 148 Å². The van der Waals surface area contributed by atoms with Gasteiger partial charge < -0.3 is 14.8 Å². The maximum Gasteiger partial charge on any atom is 0.175 e. The lowest BCUT2D eigenvalue weighted by Crippen LogP contribution is -2.08.